The van der Waals surface area contributed by atoms with E-state index in [0.29, 0.717) is 12.1 Å². The van der Waals surface area contributed by atoms with Crippen LogP contribution in [0.3, 0.4) is 0 Å². The zero-order chi connectivity index (χ0) is 15.1. The second-order valence-corrected chi connectivity index (χ2v) is 6.76. The number of hydrogen-bond donors (Lipinski definition) is 1. The van der Waals surface area contributed by atoms with E-state index in [9.17, 15) is 0 Å². The van der Waals surface area contributed by atoms with Crippen molar-refractivity contribution < 1.29 is 4.42 Å². The topological polar surface area (TPSA) is 28.4 Å². The first-order chi connectivity index (χ1) is 10.2. The minimum absolute atomic E-state index is 0.328. The highest BCUT2D eigenvalue weighted by Crippen LogP contribution is 2.27. The molecule has 0 amide bonds. The smallest absolute Gasteiger partial charge is 0.122 e. The summed E-state index contributed by atoms with van der Waals surface area (Å²) in [5.41, 5.74) is 0. The molecule has 0 saturated heterocycles. The van der Waals surface area contributed by atoms with Gasteiger partial charge in [0.15, 0.2) is 0 Å². The summed E-state index contributed by atoms with van der Waals surface area (Å²) in [7, 11) is 4.25. The van der Waals surface area contributed by atoms with Gasteiger partial charge in [0.25, 0.3) is 0 Å². The largest absolute Gasteiger partial charge is 0.468 e. The number of hydrogen-bond acceptors (Lipinski definition) is 3. The third kappa shape index (κ3) is 5.15. The van der Waals surface area contributed by atoms with Crippen LogP contribution in [-0.4, -0.2) is 31.6 Å². The lowest BCUT2D eigenvalue weighted by atomic mass is 9.95. The van der Waals surface area contributed by atoms with Gasteiger partial charge in [-0.2, -0.15) is 0 Å². The lowest BCUT2D eigenvalue weighted by Crippen LogP contribution is -2.36. The van der Waals surface area contributed by atoms with Crippen molar-refractivity contribution in [3.05, 3.63) is 24.2 Å². The molecule has 0 aliphatic heterocycles. The van der Waals surface area contributed by atoms with Crippen molar-refractivity contribution in [2.75, 3.05) is 20.6 Å². The normalized spacial score (nSPS) is 25.0. The summed E-state index contributed by atoms with van der Waals surface area (Å²) in [5.74, 6) is 2.03. The third-order valence-electron chi connectivity index (χ3n) is 4.88. The summed E-state index contributed by atoms with van der Waals surface area (Å²) in [6, 6.07) is 5.07. The maximum Gasteiger partial charge on any atom is 0.122 e. The van der Waals surface area contributed by atoms with E-state index in [1.54, 1.807) is 6.26 Å². The first kappa shape index (κ1) is 16.6. The standard InChI is InChI=1S/C18H32N2O/c1-4-7-15-8-5-9-16(12-11-15)19-14-17(20(2)3)18-10-6-13-21-18/h6,10,13,15-17,19H,4-5,7-9,11-12,14H2,1-3H3. The Morgan fingerprint density at radius 1 is 1.29 bits per heavy atom. The Morgan fingerprint density at radius 3 is 2.81 bits per heavy atom. The zero-order valence-electron chi connectivity index (χ0n) is 14.0. The molecule has 1 aromatic rings. The number of rotatable bonds is 7. The van der Waals surface area contributed by atoms with Gasteiger partial charge in [0.1, 0.15) is 5.76 Å². The van der Waals surface area contributed by atoms with Gasteiger partial charge in [-0.1, -0.05) is 32.6 Å². The van der Waals surface area contributed by atoms with Crippen LogP contribution in [0.25, 0.3) is 0 Å². The van der Waals surface area contributed by atoms with Crippen LogP contribution in [0.1, 0.15) is 63.7 Å². The van der Waals surface area contributed by atoms with Crippen molar-refractivity contribution in [3.63, 3.8) is 0 Å². The van der Waals surface area contributed by atoms with Crippen LogP contribution in [-0.2, 0) is 0 Å². The van der Waals surface area contributed by atoms with Gasteiger partial charge in [-0.3, -0.25) is 4.90 Å². The molecule has 3 heteroatoms. The Hall–Kier alpha value is -0.800. The fourth-order valence-electron chi connectivity index (χ4n) is 3.58. The van der Waals surface area contributed by atoms with Gasteiger partial charge in [0.2, 0.25) is 0 Å². The molecule has 120 valence electrons. The molecule has 2 rings (SSSR count). The minimum atomic E-state index is 0.328. The molecule has 1 aliphatic rings. The third-order valence-corrected chi connectivity index (χ3v) is 4.88. The maximum absolute atomic E-state index is 5.59. The van der Waals surface area contributed by atoms with Crippen LogP contribution in [0.2, 0.25) is 0 Å². The first-order valence-corrected chi connectivity index (χ1v) is 8.64. The Labute approximate surface area is 130 Å². The number of likely N-dealkylation sites (N-methyl/N-ethyl adjacent to an activating group) is 1. The number of nitrogens with zero attached hydrogens (tertiary/aromatic N) is 1. The van der Waals surface area contributed by atoms with E-state index >= 15 is 0 Å². The van der Waals surface area contributed by atoms with E-state index in [0.717, 1.165) is 18.2 Å². The maximum atomic E-state index is 5.59. The van der Waals surface area contributed by atoms with Crippen LogP contribution >= 0.6 is 0 Å². The van der Waals surface area contributed by atoms with Crippen LogP contribution < -0.4 is 5.32 Å². The van der Waals surface area contributed by atoms with Crippen LogP contribution in [0.15, 0.2) is 22.8 Å². The number of furan rings is 1. The lowest BCUT2D eigenvalue weighted by Gasteiger charge is -2.25. The summed E-state index contributed by atoms with van der Waals surface area (Å²) in [6.07, 6.45) is 11.4. The highest BCUT2D eigenvalue weighted by atomic mass is 16.3. The molecule has 1 aromatic heterocycles. The quantitative estimate of drug-likeness (QED) is 0.763. The summed E-state index contributed by atoms with van der Waals surface area (Å²) in [4.78, 5) is 2.24. The summed E-state index contributed by atoms with van der Waals surface area (Å²) in [6.45, 7) is 3.29. The molecule has 1 heterocycles. The zero-order valence-corrected chi connectivity index (χ0v) is 14.0. The van der Waals surface area contributed by atoms with Crippen LogP contribution in [0, 0.1) is 5.92 Å². The van der Waals surface area contributed by atoms with Gasteiger partial charge >= 0.3 is 0 Å². The predicted octanol–water partition coefficient (Wildman–Crippen LogP) is 4.22. The second-order valence-electron chi connectivity index (χ2n) is 6.76. The van der Waals surface area contributed by atoms with Gasteiger partial charge in [-0.05, 0) is 51.4 Å². The van der Waals surface area contributed by atoms with Gasteiger partial charge in [0.05, 0.1) is 12.3 Å². The molecule has 0 spiro atoms. The molecule has 0 radical (unpaired) electrons. The molecule has 1 N–H and O–H groups in total. The Bertz CT molecular complexity index is 375. The number of nitrogens with one attached hydrogen (secondary N) is 1. The average Bonchev–Trinajstić information content (AvgIpc) is 2.88. The molecule has 0 aromatic carbocycles. The average molecular weight is 292 g/mol. The van der Waals surface area contributed by atoms with Crippen molar-refractivity contribution in [2.24, 2.45) is 5.92 Å². The van der Waals surface area contributed by atoms with Crippen molar-refractivity contribution in [3.8, 4) is 0 Å². The first-order valence-electron chi connectivity index (χ1n) is 8.64. The molecule has 3 unspecified atom stereocenters. The van der Waals surface area contributed by atoms with Crippen LogP contribution in [0.4, 0.5) is 0 Å². The second kappa shape index (κ2) is 8.60. The van der Waals surface area contributed by atoms with E-state index in [1.807, 2.05) is 6.07 Å². The monoisotopic (exact) mass is 292 g/mol. The fraction of sp³-hybridized carbons (Fsp3) is 0.778. The van der Waals surface area contributed by atoms with Gasteiger partial charge < -0.3 is 9.73 Å². The van der Waals surface area contributed by atoms with Crippen molar-refractivity contribution in [1.29, 1.82) is 0 Å². The summed E-state index contributed by atoms with van der Waals surface area (Å²) >= 11 is 0. The Balaban J connectivity index is 1.81. The van der Waals surface area contributed by atoms with E-state index in [4.69, 9.17) is 4.42 Å². The molecule has 1 fully saturated rings. The highest BCUT2D eigenvalue weighted by Gasteiger charge is 2.21. The van der Waals surface area contributed by atoms with E-state index < -0.39 is 0 Å². The summed E-state index contributed by atoms with van der Waals surface area (Å²) in [5, 5.41) is 3.79. The molecule has 3 nitrogen and oxygen atoms in total. The van der Waals surface area contributed by atoms with Crippen LogP contribution in [0.5, 0.6) is 0 Å². The molecule has 3 atom stereocenters. The molecular formula is C18H32N2O. The van der Waals surface area contributed by atoms with E-state index in [2.05, 4.69) is 37.3 Å². The fourth-order valence-corrected chi connectivity index (χ4v) is 3.58. The van der Waals surface area contributed by atoms with E-state index in [-0.39, 0.29) is 0 Å². The molecule has 1 saturated carbocycles. The minimum Gasteiger partial charge on any atom is -0.468 e. The van der Waals surface area contributed by atoms with Gasteiger partial charge in [0, 0.05) is 12.6 Å². The molecule has 21 heavy (non-hydrogen) atoms. The molecule has 1 aliphatic carbocycles. The van der Waals surface area contributed by atoms with Crippen molar-refractivity contribution in [1.82, 2.24) is 10.2 Å². The molecule has 0 bridgehead atoms. The lowest BCUT2D eigenvalue weighted by molar-refractivity contribution is 0.240. The van der Waals surface area contributed by atoms with Crippen molar-refractivity contribution >= 4 is 0 Å². The Kier molecular flexibility index (Phi) is 6.78. The van der Waals surface area contributed by atoms with Crippen molar-refractivity contribution in [2.45, 2.75) is 64.0 Å². The molecular weight excluding hydrogens is 260 g/mol. The highest BCUT2D eigenvalue weighted by molar-refractivity contribution is 5.05. The predicted molar refractivity (Wildman–Crippen MR) is 88.4 cm³/mol. The summed E-state index contributed by atoms with van der Waals surface area (Å²) < 4.78 is 5.59. The van der Waals surface area contributed by atoms with Gasteiger partial charge in [-0.15, -0.1) is 0 Å². The SMILES string of the molecule is CCCC1CCCC(NCC(c2ccco2)N(C)C)CC1. The Morgan fingerprint density at radius 2 is 2.14 bits per heavy atom. The van der Waals surface area contributed by atoms with Gasteiger partial charge in [-0.25, -0.2) is 0 Å². The van der Waals surface area contributed by atoms with E-state index in [1.165, 1.54) is 44.9 Å².